The highest BCUT2D eigenvalue weighted by molar-refractivity contribution is 5.96. The monoisotopic (exact) mass is 276 g/mol. The summed E-state index contributed by atoms with van der Waals surface area (Å²) in [7, 11) is 0. The molecule has 1 fully saturated rings. The van der Waals surface area contributed by atoms with Gasteiger partial charge < -0.3 is 9.80 Å². The van der Waals surface area contributed by atoms with Crippen molar-refractivity contribution in [1.82, 2.24) is 19.8 Å². The second-order valence-corrected chi connectivity index (χ2v) is 5.44. The van der Waals surface area contributed by atoms with E-state index in [1.54, 1.807) is 11.8 Å². The SMILES string of the molecule is CC(C)CN1CCN(C(=O)c2cnccn2)[C@@H](C)C1=O. The van der Waals surface area contributed by atoms with Gasteiger partial charge in [0, 0.05) is 32.0 Å². The first kappa shape index (κ1) is 14.4. The maximum atomic E-state index is 12.3. The van der Waals surface area contributed by atoms with Crippen molar-refractivity contribution in [2.45, 2.75) is 26.8 Å². The molecule has 1 aromatic heterocycles. The van der Waals surface area contributed by atoms with Crippen molar-refractivity contribution in [3.63, 3.8) is 0 Å². The van der Waals surface area contributed by atoms with Crippen LogP contribution in [-0.4, -0.2) is 57.3 Å². The Labute approximate surface area is 118 Å². The predicted octanol–water partition coefficient (Wildman–Crippen LogP) is 0.805. The Morgan fingerprint density at radius 3 is 2.75 bits per heavy atom. The van der Waals surface area contributed by atoms with E-state index in [0.29, 0.717) is 19.0 Å². The summed E-state index contributed by atoms with van der Waals surface area (Å²) in [4.78, 5) is 35.9. The highest BCUT2D eigenvalue weighted by atomic mass is 16.2. The van der Waals surface area contributed by atoms with Crippen molar-refractivity contribution < 1.29 is 9.59 Å². The third-order valence-corrected chi connectivity index (χ3v) is 3.38. The van der Waals surface area contributed by atoms with Gasteiger partial charge in [0.25, 0.3) is 5.91 Å². The van der Waals surface area contributed by atoms with E-state index in [9.17, 15) is 9.59 Å². The van der Waals surface area contributed by atoms with Crippen LogP contribution >= 0.6 is 0 Å². The molecule has 2 amide bonds. The predicted molar refractivity (Wildman–Crippen MR) is 73.9 cm³/mol. The highest BCUT2D eigenvalue weighted by Crippen LogP contribution is 2.15. The van der Waals surface area contributed by atoms with Gasteiger partial charge in [-0.05, 0) is 12.8 Å². The number of aromatic nitrogens is 2. The molecule has 0 radical (unpaired) electrons. The number of hydrogen-bond acceptors (Lipinski definition) is 4. The lowest BCUT2D eigenvalue weighted by atomic mass is 10.1. The van der Waals surface area contributed by atoms with Crippen LogP contribution in [0.1, 0.15) is 31.3 Å². The lowest BCUT2D eigenvalue weighted by molar-refractivity contribution is -0.140. The van der Waals surface area contributed by atoms with E-state index in [2.05, 4.69) is 23.8 Å². The minimum atomic E-state index is -0.447. The molecule has 1 aliphatic heterocycles. The fourth-order valence-corrected chi connectivity index (χ4v) is 2.39. The molecular formula is C14H20N4O2. The Morgan fingerprint density at radius 2 is 2.15 bits per heavy atom. The van der Waals surface area contributed by atoms with E-state index in [1.807, 2.05) is 4.90 Å². The van der Waals surface area contributed by atoms with E-state index in [-0.39, 0.29) is 17.5 Å². The lowest BCUT2D eigenvalue weighted by Crippen LogP contribution is -2.58. The molecule has 0 aromatic carbocycles. The Morgan fingerprint density at radius 1 is 1.40 bits per heavy atom. The molecule has 0 aliphatic carbocycles. The smallest absolute Gasteiger partial charge is 0.274 e. The summed E-state index contributed by atoms with van der Waals surface area (Å²) in [6.45, 7) is 7.77. The molecule has 108 valence electrons. The minimum Gasteiger partial charge on any atom is -0.339 e. The minimum absolute atomic E-state index is 0.00203. The zero-order chi connectivity index (χ0) is 14.7. The van der Waals surface area contributed by atoms with Gasteiger partial charge in [-0.15, -0.1) is 0 Å². The molecular weight excluding hydrogens is 256 g/mol. The summed E-state index contributed by atoms with van der Waals surface area (Å²) < 4.78 is 0. The third-order valence-electron chi connectivity index (χ3n) is 3.38. The molecule has 1 aromatic rings. The number of carbonyl (C=O) groups excluding carboxylic acids is 2. The van der Waals surface area contributed by atoms with Crippen molar-refractivity contribution in [3.8, 4) is 0 Å². The van der Waals surface area contributed by atoms with Gasteiger partial charge >= 0.3 is 0 Å². The number of amides is 2. The molecule has 6 heteroatoms. The van der Waals surface area contributed by atoms with E-state index < -0.39 is 6.04 Å². The Balaban J connectivity index is 2.09. The Bertz CT molecular complexity index is 489. The average molecular weight is 276 g/mol. The van der Waals surface area contributed by atoms with Crippen molar-refractivity contribution in [1.29, 1.82) is 0 Å². The summed E-state index contributed by atoms with van der Waals surface area (Å²) in [5, 5.41) is 0. The molecule has 2 heterocycles. The first-order valence-electron chi connectivity index (χ1n) is 6.86. The van der Waals surface area contributed by atoms with Crippen LogP contribution in [0, 0.1) is 5.92 Å². The van der Waals surface area contributed by atoms with Gasteiger partial charge in [0.15, 0.2) is 0 Å². The number of carbonyl (C=O) groups is 2. The maximum absolute atomic E-state index is 12.3. The molecule has 2 rings (SSSR count). The van der Waals surface area contributed by atoms with Gasteiger partial charge in [0.05, 0.1) is 6.20 Å². The molecule has 1 saturated heterocycles. The van der Waals surface area contributed by atoms with Gasteiger partial charge in [-0.3, -0.25) is 14.6 Å². The molecule has 0 saturated carbocycles. The van der Waals surface area contributed by atoms with Crippen molar-refractivity contribution in [3.05, 3.63) is 24.3 Å². The summed E-state index contributed by atoms with van der Waals surface area (Å²) >= 11 is 0. The number of hydrogen-bond donors (Lipinski definition) is 0. The van der Waals surface area contributed by atoms with Crippen LogP contribution in [0.25, 0.3) is 0 Å². The summed E-state index contributed by atoms with van der Waals surface area (Å²) in [5.41, 5.74) is 0.282. The van der Waals surface area contributed by atoms with Crippen molar-refractivity contribution in [2.75, 3.05) is 19.6 Å². The van der Waals surface area contributed by atoms with Crippen LogP contribution in [0.3, 0.4) is 0 Å². The number of rotatable bonds is 3. The molecule has 0 N–H and O–H groups in total. The van der Waals surface area contributed by atoms with Gasteiger partial charge in [0.2, 0.25) is 5.91 Å². The second-order valence-electron chi connectivity index (χ2n) is 5.44. The van der Waals surface area contributed by atoms with E-state index >= 15 is 0 Å². The third kappa shape index (κ3) is 2.95. The summed E-state index contributed by atoms with van der Waals surface area (Å²) in [5.74, 6) is 0.193. The number of piperazine rings is 1. The fraction of sp³-hybridized carbons (Fsp3) is 0.571. The molecule has 0 bridgehead atoms. The standard InChI is InChI=1S/C14H20N4O2/c1-10(2)9-17-6-7-18(11(3)13(17)19)14(20)12-8-15-4-5-16-12/h4-5,8,10-11H,6-7,9H2,1-3H3/t11-/m0/s1. The topological polar surface area (TPSA) is 66.4 Å². The molecule has 20 heavy (non-hydrogen) atoms. The van der Waals surface area contributed by atoms with Gasteiger partial charge in [0.1, 0.15) is 11.7 Å². The quantitative estimate of drug-likeness (QED) is 0.819. The number of nitrogens with zero attached hydrogens (tertiary/aromatic N) is 4. The van der Waals surface area contributed by atoms with Crippen LogP contribution in [-0.2, 0) is 4.79 Å². The highest BCUT2D eigenvalue weighted by Gasteiger charge is 2.35. The molecule has 1 atom stereocenters. The van der Waals surface area contributed by atoms with E-state index in [0.717, 1.165) is 6.54 Å². The van der Waals surface area contributed by atoms with Crippen LogP contribution in [0.2, 0.25) is 0 Å². The first-order chi connectivity index (χ1) is 9.50. The van der Waals surface area contributed by atoms with E-state index in [1.165, 1.54) is 18.6 Å². The normalized spacial score (nSPS) is 19.6. The fourth-order valence-electron chi connectivity index (χ4n) is 2.39. The molecule has 0 unspecified atom stereocenters. The van der Waals surface area contributed by atoms with Gasteiger partial charge in [-0.2, -0.15) is 0 Å². The lowest BCUT2D eigenvalue weighted by Gasteiger charge is -2.39. The van der Waals surface area contributed by atoms with Crippen molar-refractivity contribution in [2.24, 2.45) is 5.92 Å². The van der Waals surface area contributed by atoms with Gasteiger partial charge in [-0.25, -0.2) is 4.98 Å². The van der Waals surface area contributed by atoms with E-state index in [4.69, 9.17) is 0 Å². The van der Waals surface area contributed by atoms with Crippen LogP contribution < -0.4 is 0 Å². The van der Waals surface area contributed by atoms with Gasteiger partial charge in [-0.1, -0.05) is 13.8 Å². The molecule has 0 spiro atoms. The summed E-state index contributed by atoms with van der Waals surface area (Å²) in [6.07, 6.45) is 4.43. The zero-order valence-corrected chi connectivity index (χ0v) is 12.1. The van der Waals surface area contributed by atoms with Crippen molar-refractivity contribution >= 4 is 11.8 Å². The Kier molecular flexibility index (Phi) is 4.32. The summed E-state index contributed by atoms with van der Waals surface area (Å²) in [6, 6.07) is -0.447. The first-order valence-corrected chi connectivity index (χ1v) is 6.86. The average Bonchev–Trinajstić information content (AvgIpc) is 2.44. The molecule has 1 aliphatic rings. The zero-order valence-electron chi connectivity index (χ0n) is 12.1. The van der Waals surface area contributed by atoms with Crippen LogP contribution in [0.5, 0.6) is 0 Å². The van der Waals surface area contributed by atoms with Crippen LogP contribution in [0.15, 0.2) is 18.6 Å². The Hall–Kier alpha value is -1.98. The molecule has 6 nitrogen and oxygen atoms in total. The largest absolute Gasteiger partial charge is 0.339 e. The van der Waals surface area contributed by atoms with Crippen LogP contribution in [0.4, 0.5) is 0 Å². The maximum Gasteiger partial charge on any atom is 0.274 e. The second kappa shape index (κ2) is 5.98.